The second-order valence-electron chi connectivity index (χ2n) is 21.5. The molecule has 5 amide bonds. The standard InChI is InChI=1S/C32H39N3O7.C18H26N2O6.C14H15NO2/c1-32(2,3)42-31(39)35-26(15-10-18-33-30(38)41-21-22-11-6-5-7-12-22)28(36)34-27(29(37)40-4)20-23-16-17-24-13-8-9-14-25(24)19-23;1-18(2,3)26-17(24)20-14(15(21)22)10-7-11-19-16(23)25-12-13-8-5-4-6-9-13;1-17-14(16)13(15)9-10-6-7-11-4-2-3-5-12(11)8-10/h5-9,11-14,16-17,19,26-27H,10,15,18,20-21H2,1-4H3,(H,33,38)(H,34,36)(H,35,39);4-6,8-9,14H,7,10-12H2,1-3H3,(H,19,23)(H,20,24)(H,21,22);2-8,13H,9,15H2,1H3. The fourth-order valence-electron chi connectivity index (χ4n) is 8.03. The van der Waals surface area contributed by atoms with Gasteiger partial charge in [-0.15, -0.1) is 0 Å². The highest BCUT2D eigenvalue weighted by Crippen LogP contribution is 2.19. The highest BCUT2D eigenvalue weighted by Gasteiger charge is 2.30. The Labute approximate surface area is 496 Å². The number of ether oxygens (including phenoxy) is 6. The molecule has 4 unspecified atom stereocenters. The van der Waals surface area contributed by atoms with Gasteiger partial charge in [0.05, 0.1) is 14.2 Å². The van der Waals surface area contributed by atoms with Crippen LogP contribution in [0.15, 0.2) is 146 Å². The van der Waals surface area contributed by atoms with Gasteiger partial charge in [0.15, 0.2) is 0 Å². The number of carboxylic acid groups (broad SMARTS) is 1. The molecule has 21 heteroatoms. The zero-order valence-electron chi connectivity index (χ0n) is 49.5. The van der Waals surface area contributed by atoms with Gasteiger partial charge in [0.1, 0.15) is 48.6 Å². The second-order valence-corrected chi connectivity index (χ2v) is 21.5. The summed E-state index contributed by atoms with van der Waals surface area (Å²) in [5, 5.41) is 26.4. The fraction of sp³-hybridized carbons (Fsp3) is 0.375. The molecule has 6 aromatic carbocycles. The smallest absolute Gasteiger partial charge is 0.408 e. The molecule has 0 aliphatic rings. The normalized spacial score (nSPS) is 12.3. The average Bonchev–Trinajstić information content (AvgIpc) is 3.63. The van der Waals surface area contributed by atoms with Gasteiger partial charge in [0.25, 0.3) is 0 Å². The number of rotatable bonds is 23. The van der Waals surface area contributed by atoms with E-state index in [1.807, 2.05) is 133 Å². The molecule has 0 aliphatic heterocycles. The number of hydrogen-bond acceptors (Lipinski definition) is 15. The third kappa shape index (κ3) is 27.1. The van der Waals surface area contributed by atoms with Crippen molar-refractivity contribution in [3.8, 4) is 0 Å². The van der Waals surface area contributed by atoms with Gasteiger partial charge in [0, 0.05) is 19.5 Å². The first-order valence-electron chi connectivity index (χ1n) is 27.7. The van der Waals surface area contributed by atoms with Crippen molar-refractivity contribution in [2.24, 2.45) is 5.73 Å². The molecule has 0 bridgehead atoms. The van der Waals surface area contributed by atoms with Crippen LogP contribution in [0.3, 0.4) is 0 Å². The Bertz CT molecular complexity index is 3110. The first-order chi connectivity index (χ1) is 40.4. The number of hydrogen-bond donors (Lipinski definition) is 7. The summed E-state index contributed by atoms with van der Waals surface area (Å²) in [6, 6.07) is 42.6. The van der Waals surface area contributed by atoms with E-state index in [1.54, 1.807) is 41.5 Å². The number of benzene rings is 6. The minimum absolute atomic E-state index is 0.129. The van der Waals surface area contributed by atoms with Gasteiger partial charge in [-0.3, -0.25) is 9.59 Å². The van der Waals surface area contributed by atoms with Crippen LogP contribution in [0.2, 0.25) is 0 Å². The van der Waals surface area contributed by atoms with Crippen LogP contribution in [0.5, 0.6) is 0 Å². The Morgan fingerprint density at radius 1 is 0.459 bits per heavy atom. The zero-order valence-corrected chi connectivity index (χ0v) is 49.5. The van der Waals surface area contributed by atoms with Crippen LogP contribution in [0.4, 0.5) is 19.2 Å². The molecule has 456 valence electrons. The molecule has 0 spiro atoms. The maximum atomic E-state index is 13.4. The van der Waals surface area contributed by atoms with Gasteiger partial charge in [-0.25, -0.2) is 28.8 Å². The quantitative estimate of drug-likeness (QED) is 0.0179. The number of aliphatic carboxylic acids is 1. The highest BCUT2D eigenvalue weighted by molar-refractivity contribution is 5.90. The van der Waals surface area contributed by atoms with E-state index >= 15 is 0 Å². The van der Waals surface area contributed by atoms with Crippen molar-refractivity contribution in [3.05, 3.63) is 168 Å². The Kier molecular flexibility index (Phi) is 28.1. The Hall–Kier alpha value is -9.24. The fourth-order valence-corrected chi connectivity index (χ4v) is 8.03. The van der Waals surface area contributed by atoms with E-state index in [2.05, 4.69) is 43.5 Å². The number of nitrogens with one attached hydrogen (secondary N) is 5. The first kappa shape index (κ1) is 68.3. The molecular weight excluding hydrogens is 1090 g/mol. The molecule has 21 nitrogen and oxygen atoms in total. The number of carboxylic acids is 1. The van der Waals surface area contributed by atoms with Gasteiger partial charge >= 0.3 is 42.3 Å². The van der Waals surface area contributed by atoms with Gasteiger partial charge in [-0.1, -0.05) is 146 Å². The maximum Gasteiger partial charge on any atom is 0.408 e. The van der Waals surface area contributed by atoms with Crippen LogP contribution >= 0.6 is 0 Å². The molecule has 0 radical (unpaired) electrons. The lowest BCUT2D eigenvalue weighted by Gasteiger charge is -2.25. The molecular formula is C64H80N6O15. The monoisotopic (exact) mass is 1170 g/mol. The van der Waals surface area contributed by atoms with Crippen LogP contribution < -0.4 is 32.3 Å². The van der Waals surface area contributed by atoms with Crippen molar-refractivity contribution in [1.29, 1.82) is 0 Å². The van der Waals surface area contributed by atoms with Crippen molar-refractivity contribution in [2.75, 3.05) is 27.3 Å². The lowest BCUT2D eigenvalue weighted by atomic mass is 10.0. The molecule has 0 saturated carbocycles. The highest BCUT2D eigenvalue weighted by atomic mass is 16.6. The summed E-state index contributed by atoms with van der Waals surface area (Å²) in [4.78, 5) is 96.3. The molecule has 0 fully saturated rings. The summed E-state index contributed by atoms with van der Waals surface area (Å²) in [5.74, 6) is -2.74. The number of amides is 5. The van der Waals surface area contributed by atoms with E-state index in [1.165, 1.54) is 19.6 Å². The molecule has 0 aromatic heterocycles. The number of carbonyl (C=O) groups is 8. The summed E-state index contributed by atoms with van der Waals surface area (Å²) in [5.41, 5.74) is 7.84. The van der Waals surface area contributed by atoms with Gasteiger partial charge in [0.2, 0.25) is 5.91 Å². The van der Waals surface area contributed by atoms with Crippen LogP contribution in [0, 0.1) is 0 Å². The third-order valence-corrected chi connectivity index (χ3v) is 12.1. The van der Waals surface area contributed by atoms with E-state index < -0.39 is 77.6 Å². The molecule has 8 N–H and O–H groups in total. The van der Waals surface area contributed by atoms with Crippen molar-refractivity contribution in [2.45, 2.75) is 129 Å². The van der Waals surface area contributed by atoms with Gasteiger partial charge in [-0.2, -0.15) is 0 Å². The van der Waals surface area contributed by atoms with Gasteiger partial charge in [-0.05, 0) is 117 Å². The average molecular weight is 1170 g/mol. The van der Waals surface area contributed by atoms with E-state index in [0.717, 1.165) is 38.4 Å². The summed E-state index contributed by atoms with van der Waals surface area (Å²) in [7, 11) is 2.60. The van der Waals surface area contributed by atoms with Crippen molar-refractivity contribution >= 4 is 69.7 Å². The predicted molar refractivity (Wildman–Crippen MR) is 321 cm³/mol. The Balaban J connectivity index is 0.000000304. The predicted octanol–water partition coefficient (Wildman–Crippen LogP) is 9.19. The molecule has 6 rings (SSSR count). The molecule has 6 aromatic rings. The van der Waals surface area contributed by atoms with E-state index in [-0.39, 0.29) is 51.5 Å². The molecule has 85 heavy (non-hydrogen) atoms. The molecule has 0 heterocycles. The summed E-state index contributed by atoms with van der Waals surface area (Å²) < 4.78 is 30.2. The topological polar surface area (TPSA) is 298 Å². The number of nitrogens with two attached hydrogens (primary N) is 1. The van der Waals surface area contributed by atoms with Crippen LogP contribution in [0.1, 0.15) is 89.5 Å². The van der Waals surface area contributed by atoms with Crippen LogP contribution in [0.25, 0.3) is 21.5 Å². The van der Waals surface area contributed by atoms with Gasteiger partial charge < -0.3 is 65.8 Å². The number of esters is 2. The SMILES string of the molecule is CC(C)(C)OC(=O)NC(CCCNC(=O)OCc1ccccc1)C(=O)O.COC(=O)C(Cc1ccc2ccccc2c1)NC(=O)C(CCCNC(=O)OCc1ccccc1)NC(=O)OC(C)(C)C.COC(=O)C(N)Cc1ccc2ccccc2c1. The number of methoxy groups -OCH3 is 2. The summed E-state index contributed by atoms with van der Waals surface area (Å²) >= 11 is 0. The van der Waals surface area contributed by atoms with Crippen molar-refractivity contribution in [1.82, 2.24) is 26.6 Å². The zero-order chi connectivity index (χ0) is 62.4. The molecule has 0 aliphatic carbocycles. The third-order valence-electron chi connectivity index (χ3n) is 12.1. The van der Waals surface area contributed by atoms with Crippen molar-refractivity contribution in [3.63, 3.8) is 0 Å². The maximum absolute atomic E-state index is 13.4. The number of alkyl carbamates (subject to hydrolysis) is 4. The molecule has 4 atom stereocenters. The lowest BCUT2D eigenvalue weighted by Crippen LogP contribution is -2.53. The Morgan fingerprint density at radius 3 is 1.28 bits per heavy atom. The summed E-state index contributed by atoms with van der Waals surface area (Å²) in [6.45, 7) is 10.9. The largest absolute Gasteiger partial charge is 0.480 e. The van der Waals surface area contributed by atoms with Crippen LogP contribution in [-0.2, 0) is 73.7 Å². The minimum Gasteiger partial charge on any atom is -0.480 e. The van der Waals surface area contributed by atoms with E-state index in [4.69, 9.17) is 34.5 Å². The second kappa shape index (κ2) is 35.0. The first-order valence-corrected chi connectivity index (χ1v) is 27.7. The minimum atomic E-state index is -1.16. The van der Waals surface area contributed by atoms with Crippen molar-refractivity contribution < 1.29 is 71.9 Å². The van der Waals surface area contributed by atoms with E-state index in [0.29, 0.717) is 19.3 Å². The molecule has 0 saturated heterocycles. The number of carbonyl (C=O) groups excluding carboxylic acids is 7. The van der Waals surface area contributed by atoms with E-state index in [9.17, 15) is 38.4 Å². The lowest BCUT2D eigenvalue weighted by molar-refractivity contribution is -0.145. The summed E-state index contributed by atoms with van der Waals surface area (Å²) in [6.07, 6.45) is -1.06. The van der Waals surface area contributed by atoms with Crippen LogP contribution in [-0.4, -0.2) is 116 Å². The number of fused-ring (bicyclic) bond motifs is 2. The Morgan fingerprint density at radius 2 is 0.859 bits per heavy atom.